The lowest BCUT2D eigenvalue weighted by Crippen LogP contribution is -2.19. The Balaban J connectivity index is 2.05. The van der Waals surface area contributed by atoms with E-state index in [4.69, 9.17) is 11.6 Å². The van der Waals surface area contributed by atoms with Crippen LogP contribution in [0.2, 0.25) is 5.02 Å². The van der Waals surface area contributed by atoms with Gasteiger partial charge < -0.3 is 5.32 Å². The number of halogens is 1. The van der Waals surface area contributed by atoms with E-state index in [0.29, 0.717) is 0 Å². The van der Waals surface area contributed by atoms with E-state index in [-0.39, 0.29) is 6.04 Å². The molecule has 1 heterocycles. The minimum Gasteiger partial charge on any atom is -0.306 e. The predicted octanol–water partition coefficient (Wildman–Crippen LogP) is 3.54. The van der Waals surface area contributed by atoms with Gasteiger partial charge in [-0.1, -0.05) is 23.7 Å². The number of nitrogens with zero attached hydrogens (tertiary/aromatic N) is 2. The van der Waals surface area contributed by atoms with Crippen LogP contribution >= 0.6 is 11.6 Å². The molecular weight excluding hydrogens is 258 g/mol. The first-order valence-electron chi connectivity index (χ1n) is 6.47. The van der Waals surface area contributed by atoms with Crippen molar-refractivity contribution in [3.63, 3.8) is 0 Å². The summed E-state index contributed by atoms with van der Waals surface area (Å²) in [5, 5.41) is 8.76. The topological polar surface area (TPSA) is 29.9 Å². The summed E-state index contributed by atoms with van der Waals surface area (Å²) < 4.78 is 1.94. The van der Waals surface area contributed by atoms with Gasteiger partial charge in [-0.05, 0) is 38.5 Å². The summed E-state index contributed by atoms with van der Waals surface area (Å²) in [7, 11) is 1.98. The van der Waals surface area contributed by atoms with Crippen molar-refractivity contribution in [2.75, 3.05) is 0 Å². The predicted molar refractivity (Wildman–Crippen MR) is 79.4 cm³/mol. The fourth-order valence-electron chi connectivity index (χ4n) is 2.39. The Morgan fingerprint density at radius 3 is 2.42 bits per heavy atom. The van der Waals surface area contributed by atoms with Crippen molar-refractivity contribution in [3.8, 4) is 0 Å². The molecule has 0 saturated heterocycles. The Hall–Kier alpha value is -1.32. The summed E-state index contributed by atoms with van der Waals surface area (Å²) in [6.07, 6.45) is 0. The molecule has 0 fully saturated rings. The number of aryl methyl sites for hydroxylation is 2. The van der Waals surface area contributed by atoms with E-state index in [1.807, 2.05) is 36.0 Å². The molecule has 1 N–H and O–H groups in total. The third-order valence-corrected chi connectivity index (χ3v) is 3.78. The normalized spacial score (nSPS) is 12.7. The van der Waals surface area contributed by atoms with Crippen LogP contribution in [0.1, 0.15) is 35.5 Å². The average Bonchev–Trinajstić information content (AvgIpc) is 2.62. The number of benzene rings is 1. The van der Waals surface area contributed by atoms with Gasteiger partial charge in [-0.3, -0.25) is 4.68 Å². The van der Waals surface area contributed by atoms with E-state index in [1.165, 1.54) is 16.8 Å². The van der Waals surface area contributed by atoms with Gasteiger partial charge >= 0.3 is 0 Å². The number of hydrogen-bond acceptors (Lipinski definition) is 2. The Labute approximate surface area is 119 Å². The number of hydrogen-bond donors (Lipinski definition) is 1. The molecule has 0 amide bonds. The fourth-order valence-corrected chi connectivity index (χ4v) is 2.52. The van der Waals surface area contributed by atoms with Gasteiger partial charge in [0.15, 0.2) is 0 Å². The quantitative estimate of drug-likeness (QED) is 0.926. The second-order valence-corrected chi connectivity index (χ2v) is 5.37. The summed E-state index contributed by atoms with van der Waals surface area (Å²) in [6.45, 7) is 7.16. The maximum atomic E-state index is 5.88. The maximum absolute atomic E-state index is 5.88. The van der Waals surface area contributed by atoms with E-state index in [1.54, 1.807) is 0 Å². The zero-order valence-electron chi connectivity index (χ0n) is 11.9. The fraction of sp³-hybridized carbons (Fsp3) is 0.400. The Morgan fingerprint density at radius 2 is 1.89 bits per heavy atom. The van der Waals surface area contributed by atoms with Crippen LogP contribution in [0.15, 0.2) is 24.3 Å². The largest absolute Gasteiger partial charge is 0.306 e. The van der Waals surface area contributed by atoms with Gasteiger partial charge in [0, 0.05) is 35.9 Å². The molecule has 2 rings (SSSR count). The summed E-state index contributed by atoms with van der Waals surface area (Å²) in [5.41, 5.74) is 4.83. The van der Waals surface area contributed by atoms with Crippen molar-refractivity contribution >= 4 is 11.6 Å². The van der Waals surface area contributed by atoms with Crippen molar-refractivity contribution in [2.24, 2.45) is 7.05 Å². The average molecular weight is 278 g/mol. The monoisotopic (exact) mass is 277 g/mol. The smallest absolute Gasteiger partial charge is 0.0644 e. The lowest BCUT2D eigenvalue weighted by molar-refractivity contribution is 0.568. The van der Waals surface area contributed by atoms with Crippen LogP contribution < -0.4 is 5.32 Å². The molecule has 0 saturated carbocycles. The zero-order chi connectivity index (χ0) is 14.0. The molecule has 102 valence electrons. The molecule has 0 bridgehead atoms. The van der Waals surface area contributed by atoms with Gasteiger partial charge in [-0.2, -0.15) is 5.10 Å². The molecule has 0 spiro atoms. The minimum absolute atomic E-state index is 0.282. The first-order chi connectivity index (χ1) is 8.99. The van der Waals surface area contributed by atoms with Gasteiger partial charge in [0.05, 0.1) is 5.69 Å². The molecule has 4 heteroatoms. The van der Waals surface area contributed by atoms with Crippen LogP contribution in [0, 0.1) is 13.8 Å². The highest BCUT2D eigenvalue weighted by Crippen LogP contribution is 2.21. The molecule has 1 unspecified atom stereocenters. The van der Waals surface area contributed by atoms with Gasteiger partial charge in [0.25, 0.3) is 0 Å². The molecule has 0 aliphatic rings. The van der Waals surface area contributed by atoms with Crippen LogP contribution in [0.3, 0.4) is 0 Å². The molecule has 1 aromatic heterocycles. The van der Waals surface area contributed by atoms with Crippen LogP contribution in [-0.4, -0.2) is 9.78 Å². The van der Waals surface area contributed by atoms with Gasteiger partial charge in [0.2, 0.25) is 0 Å². The maximum Gasteiger partial charge on any atom is 0.0644 e. The van der Waals surface area contributed by atoms with Gasteiger partial charge in [0.1, 0.15) is 0 Å². The van der Waals surface area contributed by atoms with Crippen molar-refractivity contribution in [2.45, 2.75) is 33.4 Å². The molecule has 1 aromatic carbocycles. The van der Waals surface area contributed by atoms with E-state index in [9.17, 15) is 0 Å². The van der Waals surface area contributed by atoms with Crippen molar-refractivity contribution in [1.82, 2.24) is 15.1 Å². The van der Waals surface area contributed by atoms with E-state index in [0.717, 1.165) is 17.3 Å². The lowest BCUT2D eigenvalue weighted by Gasteiger charge is -2.15. The summed E-state index contributed by atoms with van der Waals surface area (Å²) in [6, 6.07) is 8.22. The standard InChI is InChI=1S/C15H20ClN3/c1-10(15-11(2)18-19(4)12(15)3)17-9-13-5-7-14(16)8-6-13/h5-8,10,17H,9H2,1-4H3. The van der Waals surface area contributed by atoms with Crippen molar-refractivity contribution in [3.05, 3.63) is 51.8 Å². The summed E-state index contributed by atoms with van der Waals surface area (Å²) >= 11 is 5.88. The third-order valence-electron chi connectivity index (χ3n) is 3.52. The highest BCUT2D eigenvalue weighted by molar-refractivity contribution is 6.30. The number of aromatic nitrogens is 2. The van der Waals surface area contributed by atoms with Crippen LogP contribution in [-0.2, 0) is 13.6 Å². The summed E-state index contributed by atoms with van der Waals surface area (Å²) in [5.74, 6) is 0. The van der Waals surface area contributed by atoms with Crippen LogP contribution in [0.4, 0.5) is 0 Å². The van der Waals surface area contributed by atoms with Crippen molar-refractivity contribution in [1.29, 1.82) is 0 Å². The minimum atomic E-state index is 0.282. The van der Waals surface area contributed by atoms with Gasteiger partial charge in [-0.15, -0.1) is 0 Å². The lowest BCUT2D eigenvalue weighted by atomic mass is 10.1. The molecular formula is C15H20ClN3. The van der Waals surface area contributed by atoms with E-state index >= 15 is 0 Å². The van der Waals surface area contributed by atoms with Gasteiger partial charge in [-0.25, -0.2) is 0 Å². The first kappa shape index (κ1) is 14.1. The Bertz CT molecular complexity index is 558. The van der Waals surface area contributed by atoms with E-state index < -0.39 is 0 Å². The molecule has 0 aliphatic carbocycles. The molecule has 2 aromatic rings. The molecule has 19 heavy (non-hydrogen) atoms. The first-order valence-corrected chi connectivity index (χ1v) is 6.84. The molecule has 3 nitrogen and oxygen atoms in total. The summed E-state index contributed by atoms with van der Waals surface area (Å²) in [4.78, 5) is 0. The Morgan fingerprint density at radius 1 is 1.26 bits per heavy atom. The van der Waals surface area contributed by atoms with Crippen molar-refractivity contribution < 1.29 is 0 Å². The van der Waals surface area contributed by atoms with Crippen LogP contribution in [0.25, 0.3) is 0 Å². The SMILES string of the molecule is Cc1nn(C)c(C)c1C(C)NCc1ccc(Cl)cc1. The number of nitrogens with one attached hydrogen (secondary N) is 1. The molecule has 0 aliphatic heterocycles. The highest BCUT2D eigenvalue weighted by Gasteiger charge is 2.15. The second kappa shape index (κ2) is 5.76. The second-order valence-electron chi connectivity index (χ2n) is 4.94. The third kappa shape index (κ3) is 3.17. The highest BCUT2D eigenvalue weighted by atomic mass is 35.5. The molecule has 0 radical (unpaired) electrons. The zero-order valence-corrected chi connectivity index (χ0v) is 12.6. The molecule has 1 atom stereocenters. The number of rotatable bonds is 4. The van der Waals surface area contributed by atoms with E-state index in [2.05, 4.69) is 31.2 Å². The Kier molecular flexibility index (Phi) is 4.27. The van der Waals surface area contributed by atoms with Crippen LogP contribution in [0.5, 0.6) is 0 Å².